The van der Waals surface area contributed by atoms with Gasteiger partial charge in [-0.05, 0) is 44.9 Å². The van der Waals surface area contributed by atoms with Crippen molar-refractivity contribution in [2.75, 3.05) is 0 Å². The van der Waals surface area contributed by atoms with Crippen molar-refractivity contribution in [3.63, 3.8) is 0 Å². The standard InChI is InChI=1S/C12H16O2/c1-8(2)14-12-6-9(3)5-10(4)11(12)7-13/h5-8H,1-4H3. The molecule has 0 bridgehead atoms. The Balaban J connectivity index is 3.17. The Kier molecular flexibility index (Phi) is 3.28. The van der Waals surface area contributed by atoms with Crippen LogP contribution in [0.1, 0.15) is 35.3 Å². The van der Waals surface area contributed by atoms with Gasteiger partial charge in [-0.25, -0.2) is 0 Å². The highest BCUT2D eigenvalue weighted by Gasteiger charge is 2.08. The first-order valence-electron chi connectivity index (χ1n) is 4.77. The molecule has 0 amide bonds. The Hall–Kier alpha value is -1.31. The average molecular weight is 192 g/mol. The molecule has 1 rings (SSSR count). The molecular formula is C12H16O2. The topological polar surface area (TPSA) is 26.3 Å². The molecule has 0 radical (unpaired) electrons. The average Bonchev–Trinajstić information content (AvgIpc) is 2.01. The molecule has 1 aromatic rings. The van der Waals surface area contributed by atoms with E-state index in [0.29, 0.717) is 11.3 Å². The summed E-state index contributed by atoms with van der Waals surface area (Å²) in [6.07, 6.45) is 0.946. The highest BCUT2D eigenvalue weighted by Crippen LogP contribution is 2.23. The molecule has 0 heterocycles. The number of benzene rings is 1. The van der Waals surface area contributed by atoms with Gasteiger partial charge in [0.05, 0.1) is 11.7 Å². The summed E-state index contributed by atoms with van der Waals surface area (Å²) >= 11 is 0. The maximum absolute atomic E-state index is 10.9. The van der Waals surface area contributed by atoms with Gasteiger partial charge in [-0.15, -0.1) is 0 Å². The highest BCUT2D eigenvalue weighted by atomic mass is 16.5. The minimum absolute atomic E-state index is 0.0925. The van der Waals surface area contributed by atoms with Crippen molar-refractivity contribution >= 4 is 6.29 Å². The predicted molar refractivity (Wildman–Crippen MR) is 57.1 cm³/mol. The molecule has 0 saturated heterocycles. The minimum atomic E-state index is 0.0925. The Bertz CT molecular complexity index is 340. The molecule has 0 aliphatic carbocycles. The summed E-state index contributed by atoms with van der Waals surface area (Å²) in [4.78, 5) is 10.9. The zero-order chi connectivity index (χ0) is 10.7. The molecule has 0 aliphatic heterocycles. The first-order valence-corrected chi connectivity index (χ1v) is 4.77. The lowest BCUT2D eigenvalue weighted by Gasteiger charge is -2.14. The molecule has 76 valence electrons. The first-order chi connectivity index (χ1) is 6.54. The van der Waals surface area contributed by atoms with Crippen molar-refractivity contribution < 1.29 is 9.53 Å². The van der Waals surface area contributed by atoms with Gasteiger partial charge in [-0.3, -0.25) is 4.79 Å². The molecule has 14 heavy (non-hydrogen) atoms. The summed E-state index contributed by atoms with van der Waals surface area (Å²) < 4.78 is 5.57. The first kappa shape index (κ1) is 10.8. The van der Waals surface area contributed by atoms with E-state index < -0.39 is 0 Å². The third-order valence-electron chi connectivity index (χ3n) is 1.97. The summed E-state index contributed by atoms with van der Waals surface area (Å²) in [5, 5.41) is 0. The van der Waals surface area contributed by atoms with E-state index in [2.05, 4.69) is 0 Å². The monoisotopic (exact) mass is 192 g/mol. The Labute approximate surface area is 84.9 Å². The Morgan fingerprint density at radius 3 is 2.43 bits per heavy atom. The zero-order valence-corrected chi connectivity index (χ0v) is 9.13. The quantitative estimate of drug-likeness (QED) is 0.688. The fraction of sp³-hybridized carbons (Fsp3) is 0.417. The van der Waals surface area contributed by atoms with Crippen LogP contribution in [0.5, 0.6) is 5.75 Å². The second-order valence-corrected chi connectivity index (χ2v) is 3.78. The molecule has 0 fully saturated rings. The minimum Gasteiger partial charge on any atom is -0.490 e. The third kappa shape index (κ3) is 2.34. The van der Waals surface area contributed by atoms with Crippen molar-refractivity contribution in [1.82, 2.24) is 0 Å². The molecule has 0 atom stereocenters. The van der Waals surface area contributed by atoms with E-state index in [1.807, 2.05) is 39.8 Å². The van der Waals surface area contributed by atoms with E-state index in [1.165, 1.54) is 0 Å². The van der Waals surface area contributed by atoms with Crippen molar-refractivity contribution in [2.45, 2.75) is 33.8 Å². The van der Waals surface area contributed by atoms with Crippen LogP contribution in [0, 0.1) is 13.8 Å². The zero-order valence-electron chi connectivity index (χ0n) is 9.13. The van der Waals surface area contributed by atoms with E-state index in [9.17, 15) is 4.79 Å². The number of hydrogen-bond donors (Lipinski definition) is 0. The number of ether oxygens (including phenoxy) is 1. The lowest BCUT2D eigenvalue weighted by Crippen LogP contribution is -2.08. The van der Waals surface area contributed by atoms with E-state index in [4.69, 9.17) is 4.74 Å². The van der Waals surface area contributed by atoms with Crippen LogP contribution in [0.15, 0.2) is 12.1 Å². The summed E-state index contributed by atoms with van der Waals surface area (Å²) in [6, 6.07) is 3.88. The Morgan fingerprint density at radius 1 is 1.29 bits per heavy atom. The van der Waals surface area contributed by atoms with Crippen LogP contribution in [0.3, 0.4) is 0 Å². The van der Waals surface area contributed by atoms with Crippen LogP contribution in [-0.4, -0.2) is 12.4 Å². The number of carbonyl (C=O) groups excluding carboxylic acids is 1. The van der Waals surface area contributed by atoms with Gasteiger partial charge >= 0.3 is 0 Å². The lowest BCUT2D eigenvalue weighted by molar-refractivity contribution is 0.111. The van der Waals surface area contributed by atoms with E-state index in [-0.39, 0.29) is 6.10 Å². The van der Waals surface area contributed by atoms with E-state index >= 15 is 0 Å². The second kappa shape index (κ2) is 4.27. The van der Waals surface area contributed by atoms with Crippen molar-refractivity contribution in [3.8, 4) is 5.75 Å². The molecule has 0 unspecified atom stereocenters. The molecule has 0 aromatic heterocycles. The highest BCUT2D eigenvalue weighted by molar-refractivity contribution is 5.81. The molecule has 0 spiro atoms. The molecule has 2 nitrogen and oxygen atoms in total. The Morgan fingerprint density at radius 2 is 1.93 bits per heavy atom. The van der Waals surface area contributed by atoms with E-state index in [1.54, 1.807) is 0 Å². The molecule has 0 saturated carbocycles. The van der Waals surface area contributed by atoms with Gasteiger partial charge in [0.2, 0.25) is 0 Å². The van der Waals surface area contributed by atoms with Gasteiger partial charge in [-0.2, -0.15) is 0 Å². The summed E-state index contributed by atoms with van der Waals surface area (Å²) in [5.74, 6) is 0.688. The largest absolute Gasteiger partial charge is 0.490 e. The number of rotatable bonds is 3. The van der Waals surface area contributed by atoms with Gasteiger partial charge in [-0.1, -0.05) is 6.07 Å². The van der Waals surface area contributed by atoms with Gasteiger partial charge in [0, 0.05) is 0 Å². The smallest absolute Gasteiger partial charge is 0.154 e. The van der Waals surface area contributed by atoms with Gasteiger partial charge in [0.1, 0.15) is 5.75 Å². The molecule has 0 aliphatic rings. The second-order valence-electron chi connectivity index (χ2n) is 3.78. The van der Waals surface area contributed by atoms with Crippen LogP contribution in [0.2, 0.25) is 0 Å². The van der Waals surface area contributed by atoms with Crippen molar-refractivity contribution in [2.24, 2.45) is 0 Å². The molecule has 2 heteroatoms. The van der Waals surface area contributed by atoms with Crippen LogP contribution in [0.4, 0.5) is 0 Å². The summed E-state index contributed by atoms with van der Waals surface area (Å²) in [5.41, 5.74) is 2.74. The van der Waals surface area contributed by atoms with Crippen LogP contribution >= 0.6 is 0 Å². The summed E-state index contributed by atoms with van der Waals surface area (Å²) in [6.45, 7) is 7.82. The van der Waals surface area contributed by atoms with Crippen LogP contribution in [0.25, 0.3) is 0 Å². The molecule has 0 N–H and O–H groups in total. The maximum atomic E-state index is 10.9. The number of aldehydes is 1. The SMILES string of the molecule is Cc1cc(C)c(C=O)c(OC(C)C)c1. The fourth-order valence-electron chi connectivity index (χ4n) is 1.44. The van der Waals surface area contributed by atoms with Crippen molar-refractivity contribution in [3.05, 3.63) is 28.8 Å². The van der Waals surface area contributed by atoms with Crippen molar-refractivity contribution in [1.29, 1.82) is 0 Å². The fourth-order valence-corrected chi connectivity index (χ4v) is 1.44. The number of aryl methyl sites for hydroxylation is 2. The van der Waals surface area contributed by atoms with E-state index in [0.717, 1.165) is 17.4 Å². The maximum Gasteiger partial charge on any atom is 0.154 e. The number of carbonyl (C=O) groups is 1. The molecule has 1 aromatic carbocycles. The normalized spacial score (nSPS) is 10.4. The van der Waals surface area contributed by atoms with Gasteiger partial charge in [0.15, 0.2) is 6.29 Å². The van der Waals surface area contributed by atoms with Gasteiger partial charge < -0.3 is 4.74 Å². The predicted octanol–water partition coefficient (Wildman–Crippen LogP) is 2.90. The van der Waals surface area contributed by atoms with Gasteiger partial charge in [0.25, 0.3) is 0 Å². The third-order valence-corrected chi connectivity index (χ3v) is 1.97. The summed E-state index contributed by atoms with van der Waals surface area (Å²) in [7, 11) is 0. The van der Waals surface area contributed by atoms with Crippen LogP contribution < -0.4 is 4.74 Å². The number of hydrogen-bond acceptors (Lipinski definition) is 2. The lowest BCUT2D eigenvalue weighted by atomic mass is 10.1. The molecular weight excluding hydrogens is 176 g/mol. The van der Waals surface area contributed by atoms with Crippen LogP contribution in [-0.2, 0) is 0 Å².